The molecule has 0 aliphatic carbocycles. The maximum atomic E-state index is 14.3. The van der Waals surface area contributed by atoms with E-state index < -0.39 is 23.9 Å². The van der Waals surface area contributed by atoms with Crippen molar-refractivity contribution >= 4 is 73.2 Å². The molecule has 3 aromatic heterocycles. The van der Waals surface area contributed by atoms with Gasteiger partial charge in [0.1, 0.15) is 26.4 Å². The van der Waals surface area contributed by atoms with Crippen molar-refractivity contribution < 1.29 is 38.1 Å². The largest absolute Gasteiger partial charge is 0.457 e. The Morgan fingerprint density at radius 2 is 0.658 bits per heavy atom. The molecule has 542 valence electrons. The number of carbonyl (C=O) groups is 4. The lowest BCUT2D eigenvalue weighted by molar-refractivity contribution is 0.0464. The minimum Gasteiger partial charge on any atom is -0.457 e. The van der Waals surface area contributed by atoms with Gasteiger partial charge in [-0.05, 0) is 171 Å². The molecule has 17 aromatic rings. The van der Waals surface area contributed by atoms with Gasteiger partial charge in [0.05, 0.1) is 85.5 Å². The first-order valence-electron chi connectivity index (χ1n) is 36.6. The summed E-state index contributed by atoms with van der Waals surface area (Å²) in [5.41, 5.74) is 14.6. The van der Waals surface area contributed by atoms with Crippen LogP contribution in [0.1, 0.15) is 74.8 Å². The SMILES string of the molecule is [C-]#[N+]c1cccc(-c2ccc(-n3c4ccc(C(=O)OCc5ccccc5)cc4c4cc(C(=O)OCc5ccccc5)ccc43)c(-c3nc(-c4ccccc4-c4ccccc4C#N)nc(-c4cc(-c5cccc(C#N)c5)ccc4-n4c5ccc(C(=O)OCc6ccccc6)cc5c5cc(C(=O)OCc6ccccc6)ccc54)n3)c2)c1. The lowest BCUT2D eigenvalue weighted by atomic mass is 9.95. The summed E-state index contributed by atoms with van der Waals surface area (Å²) in [4.78, 5) is 78.1. The number of esters is 4. The molecule has 114 heavy (non-hydrogen) atoms. The normalized spacial score (nSPS) is 11.1. The average molecular weight is 1480 g/mol. The van der Waals surface area contributed by atoms with Crippen molar-refractivity contribution in [1.29, 1.82) is 10.5 Å². The van der Waals surface area contributed by atoms with E-state index in [2.05, 4.69) is 17.0 Å². The number of benzene rings is 14. The first-order chi connectivity index (χ1) is 56.0. The van der Waals surface area contributed by atoms with Gasteiger partial charge in [-0.2, -0.15) is 10.5 Å². The quantitative estimate of drug-likeness (QED) is 0.0396. The molecular formula is C98H62N8O8. The van der Waals surface area contributed by atoms with Crippen molar-refractivity contribution in [2.24, 2.45) is 0 Å². The Morgan fingerprint density at radius 3 is 1.04 bits per heavy atom. The lowest BCUT2D eigenvalue weighted by Crippen LogP contribution is -2.07. The summed E-state index contributed by atoms with van der Waals surface area (Å²) in [6, 6.07) is 105. The molecule has 0 unspecified atom stereocenters. The van der Waals surface area contributed by atoms with Crippen LogP contribution in [0.15, 0.2) is 328 Å². The minimum atomic E-state index is -0.566. The van der Waals surface area contributed by atoms with Crippen molar-refractivity contribution in [3.63, 3.8) is 0 Å². The van der Waals surface area contributed by atoms with E-state index in [-0.39, 0.29) is 66.2 Å². The van der Waals surface area contributed by atoms with E-state index >= 15 is 0 Å². The summed E-state index contributed by atoms with van der Waals surface area (Å²) in [6.07, 6.45) is 0. The zero-order valence-corrected chi connectivity index (χ0v) is 60.8. The van der Waals surface area contributed by atoms with Gasteiger partial charge in [-0.3, -0.25) is 0 Å². The fourth-order valence-electron chi connectivity index (χ4n) is 14.5. The van der Waals surface area contributed by atoms with Crippen molar-refractivity contribution in [2.75, 3.05) is 0 Å². The third-order valence-electron chi connectivity index (χ3n) is 20.1. The first-order valence-corrected chi connectivity index (χ1v) is 36.6. The highest BCUT2D eigenvalue weighted by atomic mass is 16.5. The molecule has 0 N–H and O–H groups in total. The Morgan fingerprint density at radius 1 is 0.316 bits per heavy atom. The van der Waals surface area contributed by atoms with Gasteiger partial charge in [0.15, 0.2) is 23.2 Å². The van der Waals surface area contributed by atoms with E-state index in [1.165, 1.54) is 0 Å². The molecule has 16 nitrogen and oxygen atoms in total. The topological polar surface area (TPSA) is 206 Å². The number of nitriles is 2. The molecule has 3 heterocycles. The number of hydrogen-bond donors (Lipinski definition) is 0. The summed E-state index contributed by atoms with van der Waals surface area (Å²) in [5, 5.41) is 23.6. The van der Waals surface area contributed by atoms with E-state index in [1.54, 1.807) is 66.7 Å². The van der Waals surface area contributed by atoms with E-state index in [9.17, 15) is 29.7 Å². The lowest BCUT2D eigenvalue weighted by Gasteiger charge is -2.19. The van der Waals surface area contributed by atoms with E-state index in [4.69, 9.17) is 40.5 Å². The Balaban J connectivity index is 0.926. The zero-order valence-electron chi connectivity index (χ0n) is 60.8. The van der Waals surface area contributed by atoms with Gasteiger partial charge < -0.3 is 28.1 Å². The fraction of sp³-hybridized carbons (Fsp3) is 0.0408. The fourth-order valence-corrected chi connectivity index (χ4v) is 14.5. The molecule has 0 fully saturated rings. The number of fused-ring (bicyclic) bond motifs is 6. The Labute approximate surface area is 654 Å². The smallest absolute Gasteiger partial charge is 0.338 e. The van der Waals surface area contributed by atoms with E-state index in [0.717, 1.165) is 22.3 Å². The molecule has 17 rings (SSSR count). The van der Waals surface area contributed by atoms with Gasteiger partial charge in [-0.15, -0.1) is 0 Å². The highest BCUT2D eigenvalue weighted by Gasteiger charge is 2.28. The number of rotatable bonds is 20. The van der Waals surface area contributed by atoms with Crippen molar-refractivity contribution in [3.05, 3.63) is 395 Å². The van der Waals surface area contributed by atoms with Crippen LogP contribution in [0.3, 0.4) is 0 Å². The summed E-state index contributed by atoms with van der Waals surface area (Å²) >= 11 is 0. The van der Waals surface area contributed by atoms with Crippen LogP contribution in [-0.4, -0.2) is 48.0 Å². The van der Waals surface area contributed by atoms with Gasteiger partial charge in [0, 0.05) is 43.8 Å². The van der Waals surface area contributed by atoms with Crippen LogP contribution < -0.4 is 0 Å². The van der Waals surface area contributed by atoms with Gasteiger partial charge in [-0.25, -0.2) is 39.0 Å². The molecule has 16 heteroatoms. The predicted octanol–water partition coefficient (Wildman–Crippen LogP) is 21.8. The molecule has 0 bridgehead atoms. The molecule has 0 atom stereocenters. The Hall–Kier alpha value is -16.0. The molecular weight excluding hydrogens is 1420 g/mol. The maximum Gasteiger partial charge on any atom is 0.338 e. The summed E-state index contributed by atoms with van der Waals surface area (Å²) in [7, 11) is 0. The number of aromatic nitrogens is 5. The number of hydrogen-bond acceptors (Lipinski definition) is 13. The molecule has 0 aliphatic rings. The van der Waals surface area contributed by atoms with Crippen molar-refractivity contribution in [2.45, 2.75) is 26.4 Å². The maximum absolute atomic E-state index is 14.3. The highest BCUT2D eigenvalue weighted by molar-refractivity contribution is 6.15. The summed E-state index contributed by atoms with van der Waals surface area (Å²) in [5.74, 6) is -1.74. The molecule has 0 saturated carbocycles. The zero-order chi connectivity index (χ0) is 77.6. The monoisotopic (exact) mass is 1480 g/mol. The third kappa shape index (κ3) is 14.3. The number of nitrogens with zero attached hydrogens (tertiary/aromatic N) is 8. The van der Waals surface area contributed by atoms with Crippen LogP contribution >= 0.6 is 0 Å². The third-order valence-corrected chi connectivity index (χ3v) is 20.1. The standard InChI is InChI=1S/C98H62N8O8/c1-101-76-32-19-31-68(49-76)70-37-43-91(106-88-46-40-73(97(109)113-60-64-24-10-4-11-25-64)54-82(88)83-55-74(41-47-89(83)106)98(110)114-61-65-26-12-5-13-27-65)85(51-70)94-103-92(79-35-17-16-34-78(79)77-33-15-14-29-75(77)57-100)102-93(104-94)84-50-69(67-30-18-28-66(48-67)56-99)36-42-90(84)105-86-44-38-71(95(107)111-58-62-20-6-2-7-21-62)52-80(86)81-53-72(39-45-87(81)105)96(108)112-59-63-22-8-3-9-23-63/h2-55H,58-61H2. The summed E-state index contributed by atoms with van der Waals surface area (Å²) < 4.78 is 27.9. The van der Waals surface area contributed by atoms with Gasteiger partial charge in [-0.1, -0.05) is 206 Å². The van der Waals surface area contributed by atoms with Crippen LogP contribution in [0, 0.1) is 29.2 Å². The second kappa shape index (κ2) is 31.3. The average Bonchev–Trinajstić information content (AvgIpc) is 1.56. The van der Waals surface area contributed by atoms with Crippen LogP contribution in [0.4, 0.5) is 5.69 Å². The molecule has 0 spiro atoms. The Bertz CT molecular complexity index is 6240. The van der Waals surface area contributed by atoms with Crippen LogP contribution in [0.2, 0.25) is 0 Å². The minimum absolute atomic E-state index is 0.0262. The summed E-state index contributed by atoms with van der Waals surface area (Å²) in [6.45, 7) is 8.24. The van der Waals surface area contributed by atoms with Gasteiger partial charge >= 0.3 is 23.9 Å². The molecule has 0 saturated heterocycles. The second-order valence-electron chi connectivity index (χ2n) is 27.2. The van der Waals surface area contributed by atoms with Crippen molar-refractivity contribution in [1.82, 2.24) is 24.1 Å². The van der Waals surface area contributed by atoms with Gasteiger partial charge in [0.2, 0.25) is 0 Å². The van der Waals surface area contributed by atoms with Crippen LogP contribution in [0.25, 0.3) is 127 Å². The molecule has 0 amide bonds. The van der Waals surface area contributed by atoms with E-state index in [1.807, 2.05) is 270 Å². The predicted molar refractivity (Wildman–Crippen MR) is 439 cm³/mol. The molecule has 0 radical (unpaired) electrons. The number of carbonyl (C=O) groups excluding carboxylic acids is 4. The molecule has 0 aliphatic heterocycles. The molecule has 14 aromatic carbocycles. The van der Waals surface area contributed by atoms with Crippen LogP contribution in [-0.2, 0) is 45.4 Å². The number of ether oxygens (including phenoxy) is 4. The van der Waals surface area contributed by atoms with E-state index in [0.29, 0.717) is 122 Å². The Kier molecular flexibility index (Phi) is 19.5. The van der Waals surface area contributed by atoms with Crippen molar-refractivity contribution in [3.8, 4) is 91.1 Å². The first kappa shape index (κ1) is 71.0. The highest BCUT2D eigenvalue weighted by Crippen LogP contribution is 2.44. The van der Waals surface area contributed by atoms with Crippen LogP contribution in [0.5, 0.6) is 0 Å². The second-order valence-corrected chi connectivity index (χ2v) is 27.2. The van der Waals surface area contributed by atoms with Gasteiger partial charge in [0.25, 0.3) is 0 Å².